The zero-order valence-corrected chi connectivity index (χ0v) is 18.2. The fraction of sp³-hybridized carbons (Fsp3) is 0.136. The summed E-state index contributed by atoms with van der Waals surface area (Å²) in [5, 5.41) is 3.01. The minimum atomic E-state index is -5.00. The van der Waals surface area contributed by atoms with Crippen molar-refractivity contribution in [3.05, 3.63) is 85.9 Å². The van der Waals surface area contributed by atoms with E-state index in [9.17, 15) is 31.1 Å². The van der Waals surface area contributed by atoms with Gasteiger partial charge in [-0.15, -0.1) is 11.3 Å². The van der Waals surface area contributed by atoms with Gasteiger partial charge in [0.05, 0.1) is 28.8 Å². The average molecular weight is 501 g/mol. The Labute approximate surface area is 192 Å². The van der Waals surface area contributed by atoms with E-state index in [1.165, 1.54) is 19.2 Å². The van der Waals surface area contributed by atoms with Gasteiger partial charge in [0.2, 0.25) is 0 Å². The molecule has 180 valence electrons. The smallest absolute Gasteiger partial charge is 0.416 e. The van der Waals surface area contributed by atoms with E-state index in [0.29, 0.717) is 22.2 Å². The highest BCUT2D eigenvalue weighted by atomic mass is 32.1. The van der Waals surface area contributed by atoms with E-state index >= 15 is 0 Å². The first-order valence-electron chi connectivity index (χ1n) is 9.41. The predicted octanol–water partition coefficient (Wildman–Crippen LogP) is 3.82. The van der Waals surface area contributed by atoms with Crippen LogP contribution in [0.4, 0.5) is 32.0 Å². The minimum absolute atomic E-state index is 0.0246. The van der Waals surface area contributed by atoms with Gasteiger partial charge in [0.25, 0.3) is 0 Å². The summed E-state index contributed by atoms with van der Waals surface area (Å²) in [6.45, 7) is 0. The van der Waals surface area contributed by atoms with Gasteiger partial charge in [-0.1, -0.05) is 24.3 Å². The first-order valence-corrected chi connectivity index (χ1v) is 10.2. The molecular weight excluding hydrogens is 484 g/mol. The first kappa shape index (κ1) is 25.0. The number of nitrogens with one attached hydrogen (secondary N) is 1. The van der Waals surface area contributed by atoms with Gasteiger partial charge >= 0.3 is 18.3 Å². The van der Waals surface area contributed by atoms with Crippen LogP contribution in [-0.2, 0) is 17.1 Å². The van der Waals surface area contributed by atoms with Crippen molar-refractivity contribution >= 4 is 34.5 Å². The van der Waals surface area contributed by atoms with E-state index < -0.39 is 35.1 Å². The van der Waals surface area contributed by atoms with E-state index in [1.54, 1.807) is 24.3 Å². The molecule has 12 heteroatoms. The maximum absolute atomic E-state index is 13.2. The lowest BCUT2D eigenvalue weighted by Gasteiger charge is -2.15. The highest BCUT2D eigenvalue weighted by molar-refractivity contribution is 7.15. The third kappa shape index (κ3) is 5.45. The van der Waals surface area contributed by atoms with Gasteiger partial charge in [0.15, 0.2) is 0 Å². The molecule has 0 saturated carbocycles. The van der Waals surface area contributed by atoms with E-state index in [1.807, 2.05) is 0 Å². The SMILES string of the molecule is COC(=O)c1ccc(/C(N)=c2\cccc\c2=C(\N)Nc2cc(C(F)(F)F)cc(C(F)(F)F)c2)s1. The highest BCUT2D eigenvalue weighted by Gasteiger charge is 2.37. The third-order valence-corrected chi connectivity index (χ3v) is 5.73. The van der Waals surface area contributed by atoms with Crippen LogP contribution in [0.25, 0.3) is 11.5 Å². The molecule has 3 rings (SSSR count). The summed E-state index contributed by atoms with van der Waals surface area (Å²) in [6, 6.07) is 10.4. The van der Waals surface area contributed by atoms with E-state index in [-0.39, 0.29) is 27.7 Å². The molecule has 0 spiro atoms. The Morgan fingerprint density at radius 3 is 1.91 bits per heavy atom. The molecule has 1 aromatic heterocycles. The molecule has 0 aliphatic heterocycles. The first-order chi connectivity index (χ1) is 15.8. The minimum Gasteiger partial charge on any atom is -0.465 e. The van der Waals surface area contributed by atoms with Crippen LogP contribution in [0, 0.1) is 0 Å². The van der Waals surface area contributed by atoms with Gasteiger partial charge in [0, 0.05) is 16.1 Å². The van der Waals surface area contributed by atoms with Crippen LogP contribution >= 0.6 is 11.3 Å². The Kier molecular flexibility index (Phi) is 6.82. The van der Waals surface area contributed by atoms with Crippen molar-refractivity contribution in [2.45, 2.75) is 12.4 Å². The number of carbonyl (C=O) groups excluding carboxylic acids is 1. The molecule has 0 radical (unpaired) electrons. The summed E-state index contributed by atoms with van der Waals surface area (Å²) in [5.74, 6) is -0.786. The Hall–Kier alpha value is -3.67. The van der Waals surface area contributed by atoms with Crippen LogP contribution in [-0.4, -0.2) is 13.1 Å². The molecule has 2 aromatic carbocycles. The summed E-state index contributed by atoms with van der Waals surface area (Å²) in [5.41, 5.74) is 9.02. The van der Waals surface area contributed by atoms with E-state index in [0.717, 1.165) is 11.3 Å². The quantitative estimate of drug-likeness (QED) is 0.374. The van der Waals surface area contributed by atoms with E-state index in [4.69, 9.17) is 11.5 Å². The maximum atomic E-state index is 13.2. The Morgan fingerprint density at radius 1 is 0.853 bits per heavy atom. The molecule has 0 fully saturated rings. The van der Waals surface area contributed by atoms with Gasteiger partial charge in [-0.05, 0) is 30.3 Å². The van der Waals surface area contributed by atoms with Crippen LogP contribution in [0.5, 0.6) is 0 Å². The molecule has 0 bridgehead atoms. The van der Waals surface area contributed by atoms with Crippen molar-refractivity contribution in [3.63, 3.8) is 0 Å². The maximum Gasteiger partial charge on any atom is 0.416 e. The predicted molar refractivity (Wildman–Crippen MR) is 116 cm³/mol. The molecule has 5 N–H and O–H groups in total. The number of alkyl halides is 6. The number of benzene rings is 2. The van der Waals surface area contributed by atoms with Crippen molar-refractivity contribution in [2.24, 2.45) is 11.5 Å². The molecule has 34 heavy (non-hydrogen) atoms. The number of carbonyl (C=O) groups is 1. The van der Waals surface area contributed by atoms with E-state index in [2.05, 4.69) is 10.1 Å². The Bertz CT molecular complexity index is 1310. The number of hydrogen-bond acceptors (Lipinski definition) is 6. The molecule has 0 aliphatic carbocycles. The zero-order valence-electron chi connectivity index (χ0n) is 17.3. The number of ether oxygens (including phenoxy) is 1. The van der Waals surface area contributed by atoms with Crippen LogP contribution in [0.15, 0.2) is 54.6 Å². The molecule has 0 saturated heterocycles. The van der Waals surface area contributed by atoms with Gasteiger partial charge in [-0.25, -0.2) is 4.79 Å². The molecule has 3 aromatic rings. The van der Waals surface area contributed by atoms with Crippen molar-refractivity contribution in [1.29, 1.82) is 0 Å². The third-order valence-electron chi connectivity index (χ3n) is 4.63. The molecule has 1 heterocycles. The lowest BCUT2D eigenvalue weighted by molar-refractivity contribution is -0.143. The van der Waals surface area contributed by atoms with Crippen molar-refractivity contribution < 1.29 is 35.9 Å². The molecule has 5 nitrogen and oxygen atoms in total. The molecule has 0 atom stereocenters. The van der Waals surface area contributed by atoms with Gasteiger partial charge in [-0.3, -0.25) is 0 Å². The molecular formula is C22H17F6N3O2S. The second-order valence-corrected chi connectivity index (χ2v) is 8.03. The van der Waals surface area contributed by atoms with Crippen LogP contribution in [0.2, 0.25) is 0 Å². The largest absolute Gasteiger partial charge is 0.465 e. The summed E-state index contributed by atoms with van der Waals surface area (Å²) in [6.07, 6.45) is -10.0. The van der Waals surface area contributed by atoms with Crippen LogP contribution in [0.3, 0.4) is 0 Å². The fourth-order valence-corrected chi connectivity index (χ4v) is 3.92. The lowest BCUT2D eigenvalue weighted by Crippen LogP contribution is -2.35. The molecule has 0 unspecified atom stereocenters. The number of esters is 1. The molecule has 0 amide bonds. The van der Waals surface area contributed by atoms with Crippen molar-refractivity contribution in [3.8, 4) is 0 Å². The van der Waals surface area contributed by atoms with Crippen LogP contribution in [0.1, 0.15) is 25.7 Å². The zero-order chi connectivity index (χ0) is 25.3. The highest BCUT2D eigenvalue weighted by Crippen LogP contribution is 2.37. The number of methoxy groups -OCH3 is 1. The number of rotatable bonds is 4. The summed E-state index contributed by atoms with van der Waals surface area (Å²) in [4.78, 5) is 12.5. The number of anilines is 1. The Balaban J connectivity index is 2.15. The summed E-state index contributed by atoms with van der Waals surface area (Å²) in [7, 11) is 1.23. The normalized spacial score (nSPS) is 13.9. The van der Waals surface area contributed by atoms with Crippen LogP contribution < -0.4 is 27.2 Å². The summed E-state index contributed by atoms with van der Waals surface area (Å²) >= 11 is 1.05. The average Bonchev–Trinajstić information content (AvgIpc) is 3.27. The number of thiophene rings is 1. The molecule has 0 aliphatic rings. The van der Waals surface area contributed by atoms with Crippen molar-refractivity contribution in [2.75, 3.05) is 12.4 Å². The second-order valence-electron chi connectivity index (χ2n) is 6.95. The van der Waals surface area contributed by atoms with Gasteiger partial charge in [-0.2, -0.15) is 26.3 Å². The number of halogens is 6. The fourth-order valence-electron chi connectivity index (χ4n) is 3.03. The monoisotopic (exact) mass is 501 g/mol. The van der Waals surface area contributed by atoms with Gasteiger partial charge in [0.1, 0.15) is 10.7 Å². The van der Waals surface area contributed by atoms with Gasteiger partial charge < -0.3 is 21.5 Å². The number of nitrogens with two attached hydrogens (primary N) is 2. The number of hydrogen-bond donors (Lipinski definition) is 3. The summed E-state index contributed by atoms with van der Waals surface area (Å²) < 4.78 is 83.6. The van der Waals surface area contributed by atoms with Crippen molar-refractivity contribution in [1.82, 2.24) is 0 Å². The topological polar surface area (TPSA) is 90.4 Å². The second kappa shape index (κ2) is 9.29. The standard InChI is InChI=1S/C22H17F6N3O2S/c1-33-20(32)17-7-6-16(34-17)18(29)14-4-2-3-5-15(14)19(30)31-13-9-11(21(23,24)25)8-12(10-13)22(26,27)28/h2-10,31H,29-30H2,1H3/b18-14-,19-15+. The lowest BCUT2D eigenvalue weighted by atomic mass is 10.1. The Morgan fingerprint density at radius 2 is 1.38 bits per heavy atom.